The maximum absolute atomic E-state index is 14.1. The zero-order chi connectivity index (χ0) is 32.9. The summed E-state index contributed by atoms with van der Waals surface area (Å²) in [7, 11) is 0. The van der Waals surface area contributed by atoms with Crippen molar-refractivity contribution in [2.45, 2.75) is 51.3 Å². The van der Waals surface area contributed by atoms with Crippen LogP contribution in [0.4, 0.5) is 11.6 Å². The summed E-state index contributed by atoms with van der Waals surface area (Å²) >= 11 is 7.90. The highest BCUT2D eigenvalue weighted by molar-refractivity contribution is 7.98. The highest BCUT2D eigenvalue weighted by atomic mass is 35.5. The monoisotopic (exact) mass is 665 g/mol. The Morgan fingerprint density at radius 3 is 2.38 bits per heavy atom. The van der Waals surface area contributed by atoms with E-state index in [1.807, 2.05) is 99.6 Å². The molecule has 8 nitrogen and oxygen atoms in total. The van der Waals surface area contributed by atoms with Gasteiger partial charge in [0.2, 0.25) is 11.1 Å². The Kier molecular flexibility index (Phi) is 9.84. The lowest BCUT2D eigenvalue weighted by Gasteiger charge is -2.29. The molecule has 1 amide bonds. The number of para-hydroxylation sites is 1. The van der Waals surface area contributed by atoms with E-state index in [1.165, 1.54) is 11.8 Å². The Morgan fingerprint density at radius 2 is 1.64 bits per heavy atom. The van der Waals surface area contributed by atoms with Gasteiger partial charge in [-0.1, -0.05) is 90.1 Å². The van der Waals surface area contributed by atoms with E-state index in [2.05, 4.69) is 29.7 Å². The number of nitrogens with one attached hydrogen (secondary N) is 2. The number of rotatable bonds is 11. The largest absolute Gasteiger partial charge is 0.490 e. The Labute approximate surface area is 284 Å². The number of anilines is 2. The van der Waals surface area contributed by atoms with Crippen LogP contribution in [0.2, 0.25) is 5.02 Å². The topological polar surface area (TPSA) is 90.3 Å². The number of allylic oxidation sites excluding steroid dienone is 1. The number of fused-ring (bicyclic) bond motifs is 1. The summed E-state index contributed by atoms with van der Waals surface area (Å²) in [5.41, 5.74) is 6.96. The van der Waals surface area contributed by atoms with Crippen molar-refractivity contribution in [3.05, 3.63) is 135 Å². The first-order chi connectivity index (χ1) is 22.8. The Balaban J connectivity index is 1.37. The Morgan fingerprint density at radius 1 is 0.915 bits per heavy atom. The maximum Gasteiger partial charge on any atom is 0.255 e. The number of halogens is 1. The van der Waals surface area contributed by atoms with Crippen molar-refractivity contribution >= 4 is 40.9 Å². The minimum Gasteiger partial charge on any atom is -0.490 e. The van der Waals surface area contributed by atoms with Crippen molar-refractivity contribution in [2.24, 2.45) is 0 Å². The number of hydrogen-bond acceptors (Lipinski definition) is 7. The SMILES string of the molecule is CCOc1cc(C2C(C(=O)Nc3ccccc3C)=C(C)Nc3nc(SCc4ccccc4Cl)nn32)ccc1OCc1ccccc1C. The molecule has 0 aliphatic carbocycles. The molecular weight excluding hydrogens is 630 g/mol. The molecule has 4 aromatic carbocycles. The lowest BCUT2D eigenvalue weighted by atomic mass is 9.94. The molecule has 0 radical (unpaired) electrons. The van der Waals surface area contributed by atoms with Crippen LogP contribution in [-0.4, -0.2) is 27.3 Å². The Bertz CT molecular complexity index is 1960. The van der Waals surface area contributed by atoms with Crippen LogP contribution >= 0.6 is 23.4 Å². The standard InChI is InChI=1S/C37H36ClN5O3S/c1-5-45-32-20-26(18-19-31(32)46-21-27-14-8-6-12-23(27)2)34-33(35(44)40-30-17-11-7-13-24(30)3)25(4)39-36-41-37(42-43(34)36)47-22-28-15-9-10-16-29(28)38/h6-20,34H,5,21-22H2,1-4H3,(H,40,44)(H,39,41,42). The molecule has 240 valence electrons. The lowest BCUT2D eigenvalue weighted by Crippen LogP contribution is -2.31. The third kappa shape index (κ3) is 7.16. The van der Waals surface area contributed by atoms with Gasteiger partial charge >= 0.3 is 0 Å². The van der Waals surface area contributed by atoms with Gasteiger partial charge in [0.05, 0.1) is 12.2 Å². The summed E-state index contributed by atoms with van der Waals surface area (Å²) in [4.78, 5) is 18.9. The molecule has 5 aromatic rings. The van der Waals surface area contributed by atoms with E-state index in [9.17, 15) is 4.79 Å². The van der Waals surface area contributed by atoms with Gasteiger partial charge in [0.15, 0.2) is 11.5 Å². The highest BCUT2D eigenvalue weighted by Gasteiger charge is 2.35. The molecule has 47 heavy (non-hydrogen) atoms. The number of ether oxygens (including phenoxy) is 2. The van der Waals surface area contributed by atoms with Crippen LogP contribution in [0.5, 0.6) is 11.5 Å². The molecule has 0 saturated heterocycles. The molecule has 6 rings (SSSR count). The fraction of sp³-hybridized carbons (Fsp3) is 0.216. The maximum atomic E-state index is 14.1. The lowest BCUT2D eigenvalue weighted by molar-refractivity contribution is -0.113. The number of thioether (sulfide) groups is 1. The van der Waals surface area contributed by atoms with Crippen LogP contribution in [0.15, 0.2) is 107 Å². The van der Waals surface area contributed by atoms with Crippen LogP contribution in [0.3, 0.4) is 0 Å². The first-order valence-corrected chi connectivity index (χ1v) is 16.8. The van der Waals surface area contributed by atoms with Gasteiger partial charge in [0.25, 0.3) is 5.91 Å². The number of nitrogens with zero attached hydrogens (tertiary/aromatic N) is 3. The van der Waals surface area contributed by atoms with E-state index in [4.69, 9.17) is 31.2 Å². The molecule has 10 heteroatoms. The zero-order valence-electron chi connectivity index (χ0n) is 26.7. The van der Waals surface area contributed by atoms with Crippen molar-refractivity contribution in [3.63, 3.8) is 0 Å². The van der Waals surface area contributed by atoms with Gasteiger partial charge in [0.1, 0.15) is 12.6 Å². The van der Waals surface area contributed by atoms with Crippen molar-refractivity contribution in [1.29, 1.82) is 0 Å². The number of hydrogen-bond donors (Lipinski definition) is 2. The van der Waals surface area contributed by atoms with Crippen LogP contribution in [0.25, 0.3) is 0 Å². The molecule has 1 aromatic heterocycles. The minimum absolute atomic E-state index is 0.237. The van der Waals surface area contributed by atoms with Crippen molar-refractivity contribution in [2.75, 3.05) is 17.2 Å². The summed E-state index contributed by atoms with van der Waals surface area (Å²) in [5.74, 6) is 2.11. The average Bonchev–Trinajstić information content (AvgIpc) is 3.47. The van der Waals surface area contributed by atoms with Crippen LogP contribution in [0, 0.1) is 13.8 Å². The Hall–Kier alpha value is -4.73. The van der Waals surface area contributed by atoms with E-state index in [0.29, 0.717) is 57.9 Å². The normalized spacial score (nSPS) is 13.9. The van der Waals surface area contributed by atoms with E-state index in [0.717, 1.165) is 33.5 Å². The first kappa shape index (κ1) is 32.2. The van der Waals surface area contributed by atoms with E-state index in [1.54, 1.807) is 4.68 Å². The third-order valence-corrected chi connectivity index (χ3v) is 9.27. The number of amides is 1. The minimum atomic E-state index is -0.595. The molecule has 1 atom stereocenters. The van der Waals surface area contributed by atoms with Gasteiger partial charge in [-0.15, -0.1) is 5.10 Å². The second kappa shape index (κ2) is 14.4. The summed E-state index contributed by atoms with van der Waals surface area (Å²) in [6.45, 7) is 8.71. The van der Waals surface area contributed by atoms with Gasteiger partial charge < -0.3 is 20.1 Å². The van der Waals surface area contributed by atoms with Crippen molar-refractivity contribution in [3.8, 4) is 11.5 Å². The van der Waals surface area contributed by atoms with Gasteiger partial charge in [-0.25, -0.2) is 4.68 Å². The summed E-state index contributed by atoms with van der Waals surface area (Å²) < 4.78 is 14.1. The third-order valence-electron chi connectivity index (χ3n) is 8.01. The highest BCUT2D eigenvalue weighted by Crippen LogP contribution is 2.40. The van der Waals surface area contributed by atoms with Crippen molar-refractivity contribution in [1.82, 2.24) is 14.8 Å². The second-order valence-electron chi connectivity index (χ2n) is 11.2. The number of carbonyl (C=O) groups is 1. The number of benzene rings is 4. The summed E-state index contributed by atoms with van der Waals surface area (Å²) in [6.07, 6.45) is 0. The molecule has 0 bridgehead atoms. The van der Waals surface area contributed by atoms with E-state index < -0.39 is 6.04 Å². The van der Waals surface area contributed by atoms with E-state index in [-0.39, 0.29) is 5.91 Å². The predicted molar refractivity (Wildman–Crippen MR) is 188 cm³/mol. The first-order valence-electron chi connectivity index (χ1n) is 15.4. The number of carbonyl (C=O) groups excluding carboxylic acids is 1. The quantitative estimate of drug-likeness (QED) is 0.136. The fourth-order valence-electron chi connectivity index (χ4n) is 5.47. The molecule has 1 unspecified atom stereocenters. The molecular formula is C37H36ClN5O3S. The molecule has 0 saturated carbocycles. The molecule has 2 heterocycles. The van der Waals surface area contributed by atoms with Crippen LogP contribution in [0.1, 0.15) is 47.7 Å². The number of aryl methyl sites for hydroxylation is 2. The smallest absolute Gasteiger partial charge is 0.255 e. The summed E-state index contributed by atoms with van der Waals surface area (Å²) in [5, 5.41) is 12.6. The molecule has 2 N–H and O–H groups in total. The predicted octanol–water partition coefficient (Wildman–Crippen LogP) is 8.75. The van der Waals surface area contributed by atoms with Gasteiger partial charge in [0, 0.05) is 22.2 Å². The molecule has 0 fully saturated rings. The van der Waals surface area contributed by atoms with Crippen LogP contribution in [-0.2, 0) is 17.2 Å². The number of aromatic nitrogens is 3. The summed E-state index contributed by atoms with van der Waals surface area (Å²) in [6, 6.07) is 28.8. The van der Waals surface area contributed by atoms with Crippen molar-refractivity contribution < 1.29 is 14.3 Å². The van der Waals surface area contributed by atoms with Gasteiger partial charge in [-0.3, -0.25) is 4.79 Å². The average molecular weight is 666 g/mol. The van der Waals surface area contributed by atoms with E-state index >= 15 is 0 Å². The van der Waals surface area contributed by atoms with Crippen LogP contribution < -0.4 is 20.1 Å². The second-order valence-corrected chi connectivity index (χ2v) is 12.6. The molecule has 1 aliphatic rings. The molecule has 0 spiro atoms. The molecule has 1 aliphatic heterocycles. The van der Waals surface area contributed by atoms with Gasteiger partial charge in [-0.05, 0) is 79.8 Å². The fourth-order valence-corrected chi connectivity index (χ4v) is 6.58. The van der Waals surface area contributed by atoms with Gasteiger partial charge in [-0.2, -0.15) is 4.98 Å². The zero-order valence-corrected chi connectivity index (χ0v) is 28.3.